The lowest BCUT2D eigenvalue weighted by Gasteiger charge is -2.08. The summed E-state index contributed by atoms with van der Waals surface area (Å²) in [5.74, 6) is 0. The van der Waals surface area contributed by atoms with Gasteiger partial charge in [-0.15, -0.1) is 34.0 Å². The molecule has 0 aromatic carbocycles. The van der Waals surface area contributed by atoms with E-state index < -0.39 is 0 Å². The lowest BCUT2D eigenvalue weighted by molar-refractivity contribution is 0.760. The molecule has 0 aliphatic heterocycles. The third kappa shape index (κ3) is 3.47. The van der Waals surface area contributed by atoms with Gasteiger partial charge >= 0.3 is 0 Å². The number of hydrogen-bond donors (Lipinski definition) is 0. The molecule has 4 rings (SSSR count). The van der Waals surface area contributed by atoms with E-state index in [9.17, 15) is 0 Å². The van der Waals surface area contributed by atoms with Crippen molar-refractivity contribution in [3.63, 3.8) is 0 Å². The topological polar surface area (TPSA) is 30.7 Å². The first-order valence-electron chi connectivity index (χ1n) is 8.15. The maximum Gasteiger partial charge on any atom is 0.100 e. The molecule has 25 heavy (non-hydrogen) atoms. The van der Waals surface area contributed by atoms with Gasteiger partial charge in [0, 0.05) is 38.3 Å². The molecule has 0 fully saturated rings. The Labute approximate surface area is 159 Å². The molecule has 3 nitrogen and oxygen atoms in total. The van der Waals surface area contributed by atoms with Crippen molar-refractivity contribution in [1.82, 2.24) is 14.5 Å². The Balaban J connectivity index is 1.60. The second-order valence-electron chi connectivity index (χ2n) is 6.14. The van der Waals surface area contributed by atoms with Crippen LogP contribution >= 0.6 is 34.0 Å². The van der Waals surface area contributed by atoms with E-state index in [1.165, 1.54) is 21.8 Å². The van der Waals surface area contributed by atoms with Crippen LogP contribution < -0.4 is 0 Å². The highest BCUT2D eigenvalue weighted by molar-refractivity contribution is 7.11. The zero-order chi connectivity index (χ0) is 17.4. The number of aromatic nitrogens is 3. The standard InChI is InChI=1S/C19H19N3S3/c1-12-10-24-18(20-12)8-19-21-17(11-25-19)16-7-13(2)22(14(16)3)9-15-5-4-6-23-15/h4-7,10-11H,8-9H2,1-3H3. The van der Waals surface area contributed by atoms with Gasteiger partial charge in [0.05, 0.1) is 23.7 Å². The van der Waals surface area contributed by atoms with E-state index in [1.54, 1.807) is 22.7 Å². The molecule has 0 amide bonds. The fraction of sp³-hybridized carbons (Fsp3) is 0.263. The molecule has 0 spiro atoms. The summed E-state index contributed by atoms with van der Waals surface area (Å²) in [5.41, 5.74) is 5.98. The van der Waals surface area contributed by atoms with Gasteiger partial charge in [-0.05, 0) is 38.3 Å². The molecule has 128 valence electrons. The van der Waals surface area contributed by atoms with E-state index in [0.717, 1.165) is 34.4 Å². The molecule has 0 aliphatic carbocycles. The van der Waals surface area contributed by atoms with Crippen molar-refractivity contribution in [2.24, 2.45) is 0 Å². The van der Waals surface area contributed by atoms with Gasteiger partial charge in [-0.25, -0.2) is 9.97 Å². The maximum absolute atomic E-state index is 4.87. The number of rotatable bonds is 5. The van der Waals surface area contributed by atoms with Crippen LogP contribution in [0, 0.1) is 20.8 Å². The second-order valence-corrected chi connectivity index (χ2v) is 9.05. The van der Waals surface area contributed by atoms with Crippen molar-refractivity contribution < 1.29 is 0 Å². The Morgan fingerprint density at radius 2 is 1.80 bits per heavy atom. The van der Waals surface area contributed by atoms with E-state index in [2.05, 4.69) is 57.7 Å². The summed E-state index contributed by atoms with van der Waals surface area (Å²) in [5, 5.41) is 8.68. The Morgan fingerprint density at radius 3 is 2.52 bits per heavy atom. The average molecular weight is 386 g/mol. The van der Waals surface area contributed by atoms with Crippen LogP contribution in [0.2, 0.25) is 0 Å². The van der Waals surface area contributed by atoms with Crippen molar-refractivity contribution in [1.29, 1.82) is 0 Å². The Bertz CT molecular complexity index is 989. The van der Waals surface area contributed by atoms with Gasteiger partial charge in [0.2, 0.25) is 0 Å². The lowest BCUT2D eigenvalue weighted by atomic mass is 10.2. The van der Waals surface area contributed by atoms with Crippen LogP contribution in [0.25, 0.3) is 11.3 Å². The Morgan fingerprint density at radius 1 is 1.00 bits per heavy atom. The minimum absolute atomic E-state index is 0.830. The molecule has 6 heteroatoms. The fourth-order valence-corrected chi connectivity index (χ4v) is 5.35. The Kier molecular flexibility index (Phi) is 4.58. The van der Waals surface area contributed by atoms with Crippen molar-refractivity contribution >= 4 is 34.0 Å². The number of thiazole rings is 2. The van der Waals surface area contributed by atoms with Gasteiger partial charge < -0.3 is 4.57 Å². The first-order chi connectivity index (χ1) is 12.1. The largest absolute Gasteiger partial charge is 0.343 e. The summed E-state index contributed by atoms with van der Waals surface area (Å²) < 4.78 is 2.38. The summed E-state index contributed by atoms with van der Waals surface area (Å²) in [6.45, 7) is 7.34. The van der Waals surface area contributed by atoms with E-state index in [-0.39, 0.29) is 0 Å². The van der Waals surface area contributed by atoms with E-state index >= 15 is 0 Å². The first-order valence-corrected chi connectivity index (χ1v) is 10.8. The SMILES string of the molecule is Cc1csc(Cc2nc(-c3cc(C)n(Cc4cccs4)c3C)cs2)n1. The third-order valence-electron chi connectivity index (χ3n) is 4.26. The molecule has 0 bridgehead atoms. The van der Waals surface area contributed by atoms with Crippen molar-refractivity contribution in [2.75, 3.05) is 0 Å². The van der Waals surface area contributed by atoms with Gasteiger partial charge in [-0.2, -0.15) is 0 Å². The van der Waals surface area contributed by atoms with Crippen molar-refractivity contribution in [3.05, 3.63) is 66.3 Å². The van der Waals surface area contributed by atoms with Crippen LogP contribution in [0.5, 0.6) is 0 Å². The van der Waals surface area contributed by atoms with Crippen LogP contribution in [-0.2, 0) is 13.0 Å². The number of hydrogen-bond acceptors (Lipinski definition) is 5. The molecule has 0 N–H and O–H groups in total. The van der Waals surface area contributed by atoms with Crippen LogP contribution in [0.4, 0.5) is 0 Å². The van der Waals surface area contributed by atoms with Gasteiger partial charge in [0.1, 0.15) is 5.01 Å². The zero-order valence-electron chi connectivity index (χ0n) is 14.4. The summed E-state index contributed by atoms with van der Waals surface area (Å²) in [7, 11) is 0. The summed E-state index contributed by atoms with van der Waals surface area (Å²) >= 11 is 5.25. The van der Waals surface area contributed by atoms with Gasteiger partial charge in [0.15, 0.2) is 0 Å². The maximum atomic E-state index is 4.87. The molecule has 0 unspecified atom stereocenters. The minimum atomic E-state index is 0.830. The molecule has 0 saturated carbocycles. The average Bonchev–Trinajstić information content (AvgIpc) is 3.35. The van der Waals surface area contributed by atoms with Crippen molar-refractivity contribution in [3.8, 4) is 11.3 Å². The van der Waals surface area contributed by atoms with Crippen LogP contribution in [0.15, 0.2) is 34.3 Å². The molecule has 4 aromatic heterocycles. The highest BCUT2D eigenvalue weighted by Crippen LogP contribution is 2.30. The summed E-state index contributed by atoms with van der Waals surface area (Å²) in [4.78, 5) is 10.8. The number of aryl methyl sites for hydroxylation is 2. The number of nitrogens with zero attached hydrogens (tertiary/aromatic N) is 3. The summed E-state index contributed by atoms with van der Waals surface area (Å²) in [6, 6.07) is 6.57. The molecule has 0 atom stereocenters. The fourth-order valence-electron chi connectivity index (χ4n) is 2.99. The molecule has 0 radical (unpaired) electrons. The van der Waals surface area contributed by atoms with E-state index in [4.69, 9.17) is 4.98 Å². The zero-order valence-corrected chi connectivity index (χ0v) is 16.9. The first kappa shape index (κ1) is 16.7. The molecule has 4 heterocycles. The van der Waals surface area contributed by atoms with Crippen molar-refractivity contribution in [2.45, 2.75) is 33.7 Å². The van der Waals surface area contributed by atoms with Crippen LogP contribution in [0.1, 0.15) is 32.0 Å². The summed E-state index contributed by atoms with van der Waals surface area (Å²) in [6.07, 6.45) is 0.830. The predicted octanol–water partition coefficient (Wildman–Crippen LogP) is 5.69. The van der Waals surface area contributed by atoms with Gasteiger partial charge in [-0.1, -0.05) is 6.07 Å². The lowest BCUT2D eigenvalue weighted by Crippen LogP contribution is -2.02. The quantitative estimate of drug-likeness (QED) is 0.441. The van der Waals surface area contributed by atoms with E-state index in [1.807, 2.05) is 18.3 Å². The molecular formula is C19H19N3S3. The van der Waals surface area contributed by atoms with E-state index in [0.29, 0.717) is 0 Å². The van der Waals surface area contributed by atoms with Gasteiger partial charge in [-0.3, -0.25) is 0 Å². The molecule has 0 saturated heterocycles. The normalized spacial score (nSPS) is 11.3. The van der Waals surface area contributed by atoms with Gasteiger partial charge in [0.25, 0.3) is 0 Å². The molecular weight excluding hydrogens is 366 g/mol. The molecule has 4 aromatic rings. The Hall–Kier alpha value is -1.76. The van der Waals surface area contributed by atoms with Crippen LogP contribution in [-0.4, -0.2) is 14.5 Å². The highest BCUT2D eigenvalue weighted by atomic mass is 32.1. The predicted molar refractivity (Wildman–Crippen MR) is 108 cm³/mol. The third-order valence-corrected chi connectivity index (χ3v) is 6.94. The number of thiophene rings is 1. The second kappa shape index (κ2) is 6.86. The highest BCUT2D eigenvalue weighted by Gasteiger charge is 2.15. The minimum Gasteiger partial charge on any atom is -0.343 e. The monoisotopic (exact) mass is 385 g/mol. The smallest absolute Gasteiger partial charge is 0.100 e. The van der Waals surface area contributed by atoms with Crippen LogP contribution in [0.3, 0.4) is 0 Å². The molecule has 0 aliphatic rings.